The number of alkyl carbamates (subject to hydrolysis) is 2. The van der Waals surface area contributed by atoms with Gasteiger partial charge in [-0.3, -0.25) is 9.59 Å². The summed E-state index contributed by atoms with van der Waals surface area (Å²) in [6, 6.07) is 21.6. The summed E-state index contributed by atoms with van der Waals surface area (Å²) in [4.78, 5) is 72.8. The number of carbonyl (C=O) groups is 4. The van der Waals surface area contributed by atoms with Gasteiger partial charge in [-0.25, -0.2) is 19.6 Å². The maximum atomic E-state index is 14.0. The van der Waals surface area contributed by atoms with Gasteiger partial charge in [-0.2, -0.15) is 0 Å². The predicted octanol–water partition coefficient (Wildman–Crippen LogP) is 7.72. The molecule has 6 aromatic rings. The SMILES string of the molecule is COC(=O)NC(C(=O)N1CCCC1c1ncc(-c2ccc3c(c2)COc2cc4c(ccc5[nH]c(C6CC(C)CN6C(=O)C(NC(=O)OC)C(C)C)nc54)cc2-3)[nH]1)c1ccccc1. The van der Waals surface area contributed by atoms with Gasteiger partial charge in [0.05, 0.1) is 49.2 Å². The number of fused-ring (bicyclic) bond motifs is 6. The van der Waals surface area contributed by atoms with E-state index in [-0.39, 0.29) is 35.7 Å². The molecule has 3 aliphatic heterocycles. The van der Waals surface area contributed by atoms with E-state index < -0.39 is 24.3 Å². The van der Waals surface area contributed by atoms with Crippen molar-refractivity contribution in [2.24, 2.45) is 11.8 Å². The first kappa shape index (κ1) is 40.5. The molecule has 9 rings (SSSR count). The highest BCUT2D eigenvalue weighted by molar-refractivity contribution is 6.07. The van der Waals surface area contributed by atoms with Crippen LogP contribution in [0.25, 0.3) is 44.2 Å². The lowest BCUT2D eigenvalue weighted by molar-refractivity contribution is -0.136. The van der Waals surface area contributed by atoms with Gasteiger partial charge in [0.15, 0.2) is 0 Å². The number of rotatable bonds is 9. The van der Waals surface area contributed by atoms with Crippen molar-refractivity contribution in [1.82, 2.24) is 40.4 Å². The van der Waals surface area contributed by atoms with Crippen molar-refractivity contribution < 1.29 is 33.4 Å². The van der Waals surface area contributed by atoms with Crippen LogP contribution in [0.2, 0.25) is 0 Å². The molecule has 0 spiro atoms. The van der Waals surface area contributed by atoms with Crippen LogP contribution in [0.1, 0.15) is 80.9 Å². The summed E-state index contributed by atoms with van der Waals surface area (Å²) >= 11 is 0. The number of ether oxygens (including phenoxy) is 3. The fraction of sp³-hybridized carbons (Fsp3) is 0.362. The number of H-pyrrole nitrogens is 2. The summed E-state index contributed by atoms with van der Waals surface area (Å²) in [6.45, 7) is 7.41. The zero-order valence-corrected chi connectivity index (χ0v) is 35.4. The van der Waals surface area contributed by atoms with Crippen LogP contribution in [-0.4, -0.2) is 87.1 Å². The van der Waals surface area contributed by atoms with Crippen molar-refractivity contribution >= 4 is 45.8 Å². The van der Waals surface area contributed by atoms with Gasteiger partial charge in [-0.05, 0) is 83.0 Å². The molecule has 62 heavy (non-hydrogen) atoms. The van der Waals surface area contributed by atoms with Gasteiger partial charge in [0.2, 0.25) is 5.91 Å². The molecule has 4 N–H and O–H groups in total. The van der Waals surface area contributed by atoms with E-state index in [1.807, 2.05) is 55.1 Å². The molecule has 15 nitrogen and oxygen atoms in total. The number of aromatic amines is 2. The molecule has 15 heteroatoms. The molecule has 0 radical (unpaired) electrons. The molecule has 4 aromatic carbocycles. The normalized spacial score (nSPS) is 19.2. The summed E-state index contributed by atoms with van der Waals surface area (Å²) in [6.07, 6.45) is 2.78. The largest absolute Gasteiger partial charge is 0.488 e. The average Bonchev–Trinajstić information content (AvgIpc) is 4.12. The Morgan fingerprint density at radius 1 is 0.855 bits per heavy atom. The first-order valence-electron chi connectivity index (χ1n) is 21.1. The van der Waals surface area contributed by atoms with Crippen molar-refractivity contribution in [3.63, 3.8) is 0 Å². The van der Waals surface area contributed by atoms with Gasteiger partial charge in [0.25, 0.3) is 5.91 Å². The molecule has 5 atom stereocenters. The summed E-state index contributed by atoms with van der Waals surface area (Å²) < 4.78 is 16.1. The molecule has 0 bridgehead atoms. The lowest BCUT2D eigenvalue weighted by atomic mass is 9.92. The van der Waals surface area contributed by atoms with Gasteiger partial charge in [-0.1, -0.05) is 69.3 Å². The van der Waals surface area contributed by atoms with E-state index in [2.05, 4.69) is 63.9 Å². The molecule has 3 aliphatic rings. The molecule has 5 heterocycles. The quantitative estimate of drug-likeness (QED) is 0.113. The van der Waals surface area contributed by atoms with Crippen LogP contribution in [0.3, 0.4) is 0 Å². The third kappa shape index (κ3) is 7.45. The van der Waals surface area contributed by atoms with Crippen LogP contribution < -0.4 is 15.4 Å². The number of benzene rings is 4. The van der Waals surface area contributed by atoms with Crippen molar-refractivity contribution in [2.45, 2.75) is 70.8 Å². The first-order chi connectivity index (χ1) is 30.0. The maximum Gasteiger partial charge on any atom is 0.407 e. The first-order valence-corrected chi connectivity index (χ1v) is 21.1. The molecule has 320 valence electrons. The minimum absolute atomic E-state index is 0.135. The zero-order chi connectivity index (χ0) is 43.2. The average molecular weight is 839 g/mol. The van der Waals surface area contributed by atoms with Crippen LogP contribution in [-0.2, 0) is 25.7 Å². The van der Waals surface area contributed by atoms with Gasteiger partial charge in [0, 0.05) is 24.0 Å². The fourth-order valence-corrected chi connectivity index (χ4v) is 9.30. The minimum Gasteiger partial charge on any atom is -0.488 e. The van der Waals surface area contributed by atoms with E-state index >= 15 is 0 Å². The number of carbonyl (C=O) groups excluding carboxylic acids is 4. The standard InChI is InChI=1S/C47H50N8O7/c1-25(2)39(52-46(58)60-4)44(56)55-23-26(3)18-37(55)43-49-34-16-14-28-20-33-31-15-13-29(19-30(31)24-62-38(33)21-32(28)41(34)51-43)35-22-48-42(50-35)36-12-9-17-54(36)45(57)40(53-47(59)61-5)27-10-7-6-8-11-27/h6-8,10-11,13-16,19-22,25-26,36-37,39-40H,9,12,17-18,23-24H2,1-5H3,(H,48,50)(H,49,51)(H,52,58)(H,53,59). The molecular formula is C47H50N8O7. The van der Waals surface area contributed by atoms with E-state index in [9.17, 15) is 19.2 Å². The molecule has 5 unspecified atom stereocenters. The van der Waals surface area contributed by atoms with Crippen molar-refractivity contribution in [3.05, 3.63) is 102 Å². The van der Waals surface area contributed by atoms with E-state index in [4.69, 9.17) is 24.2 Å². The Kier molecular flexibility index (Phi) is 10.8. The third-order valence-electron chi connectivity index (χ3n) is 12.5. The molecule has 2 aromatic heterocycles. The lowest BCUT2D eigenvalue weighted by Crippen LogP contribution is -2.51. The third-order valence-corrected chi connectivity index (χ3v) is 12.5. The van der Waals surface area contributed by atoms with Gasteiger partial charge in [-0.15, -0.1) is 0 Å². The number of hydrogen-bond acceptors (Lipinski definition) is 9. The Morgan fingerprint density at radius 3 is 2.42 bits per heavy atom. The molecular weight excluding hydrogens is 789 g/mol. The van der Waals surface area contributed by atoms with Crippen molar-refractivity contribution in [2.75, 3.05) is 27.3 Å². The Morgan fingerprint density at radius 2 is 1.65 bits per heavy atom. The van der Waals surface area contributed by atoms with E-state index in [1.165, 1.54) is 14.2 Å². The predicted molar refractivity (Wildman–Crippen MR) is 232 cm³/mol. The number of likely N-dealkylation sites (tertiary alicyclic amines) is 2. The lowest BCUT2D eigenvalue weighted by Gasteiger charge is -2.30. The second kappa shape index (κ2) is 16.5. The Hall–Kier alpha value is -6.90. The number of hydrogen-bond donors (Lipinski definition) is 4. The van der Waals surface area contributed by atoms with E-state index in [1.54, 1.807) is 11.1 Å². The highest BCUT2D eigenvalue weighted by Crippen LogP contribution is 2.44. The number of nitrogens with one attached hydrogen (secondary N) is 4. The maximum absolute atomic E-state index is 14.0. The smallest absolute Gasteiger partial charge is 0.407 e. The molecule has 2 saturated heterocycles. The number of amides is 4. The van der Waals surface area contributed by atoms with Crippen LogP contribution in [0.15, 0.2) is 79.0 Å². The number of nitrogens with zero attached hydrogens (tertiary/aromatic N) is 4. The number of aromatic nitrogens is 4. The summed E-state index contributed by atoms with van der Waals surface area (Å²) in [5.74, 6) is 1.90. The second-order valence-corrected chi connectivity index (χ2v) is 16.9. The molecule has 0 aliphatic carbocycles. The fourth-order valence-electron chi connectivity index (χ4n) is 9.30. The summed E-state index contributed by atoms with van der Waals surface area (Å²) in [5, 5.41) is 7.41. The van der Waals surface area contributed by atoms with Gasteiger partial charge >= 0.3 is 12.2 Å². The highest BCUT2D eigenvalue weighted by Gasteiger charge is 2.41. The second-order valence-electron chi connectivity index (χ2n) is 16.9. The monoisotopic (exact) mass is 838 g/mol. The molecule has 2 fully saturated rings. The van der Waals surface area contributed by atoms with Gasteiger partial charge < -0.3 is 44.6 Å². The minimum atomic E-state index is -0.895. The van der Waals surface area contributed by atoms with Crippen LogP contribution >= 0.6 is 0 Å². The van der Waals surface area contributed by atoms with Gasteiger partial charge in [0.1, 0.15) is 36.1 Å². The molecule has 4 amide bonds. The Labute approximate surface area is 358 Å². The topological polar surface area (TPSA) is 184 Å². The summed E-state index contributed by atoms with van der Waals surface area (Å²) in [5.41, 5.74) is 7.21. The van der Waals surface area contributed by atoms with Crippen LogP contribution in [0.4, 0.5) is 9.59 Å². The Balaban J connectivity index is 0.960. The molecule has 0 saturated carbocycles. The van der Waals surface area contributed by atoms with Crippen molar-refractivity contribution in [1.29, 1.82) is 0 Å². The van der Waals surface area contributed by atoms with E-state index in [0.717, 1.165) is 74.8 Å². The number of imidazole rings is 2. The van der Waals surface area contributed by atoms with Crippen molar-refractivity contribution in [3.8, 4) is 28.1 Å². The van der Waals surface area contributed by atoms with E-state index in [0.29, 0.717) is 36.9 Å². The highest BCUT2D eigenvalue weighted by atomic mass is 16.5. The zero-order valence-electron chi connectivity index (χ0n) is 35.4. The van der Waals surface area contributed by atoms with Crippen LogP contribution in [0, 0.1) is 11.8 Å². The van der Waals surface area contributed by atoms with Crippen LogP contribution in [0.5, 0.6) is 5.75 Å². The Bertz CT molecular complexity index is 2690. The number of methoxy groups -OCH3 is 2. The summed E-state index contributed by atoms with van der Waals surface area (Å²) in [7, 11) is 2.57.